The minimum absolute atomic E-state index is 0.646. The molecule has 1 aliphatic carbocycles. The highest BCUT2D eigenvalue weighted by molar-refractivity contribution is 5.49. The van der Waals surface area contributed by atoms with E-state index in [2.05, 4.69) is 28.2 Å². The van der Waals surface area contributed by atoms with Crippen LogP contribution in [0.4, 0.5) is 0 Å². The van der Waals surface area contributed by atoms with Crippen LogP contribution in [-0.4, -0.2) is 26.6 Å². The van der Waals surface area contributed by atoms with Gasteiger partial charge in [-0.3, -0.25) is 0 Å². The first-order valence-corrected chi connectivity index (χ1v) is 8.22. The molecule has 1 fully saturated rings. The van der Waals surface area contributed by atoms with Crippen molar-refractivity contribution in [1.82, 2.24) is 19.5 Å². The number of aromatic nitrogens is 4. The van der Waals surface area contributed by atoms with Crippen LogP contribution < -0.4 is 4.74 Å². The van der Waals surface area contributed by atoms with Crippen molar-refractivity contribution in [3.05, 3.63) is 65.8 Å². The molecule has 5 heteroatoms. The number of ether oxygens (including phenoxy) is 1. The second kappa shape index (κ2) is 6.07. The fourth-order valence-corrected chi connectivity index (χ4v) is 2.89. The molecule has 2 aromatic heterocycles. The van der Waals surface area contributed by atoms with Gasteiger partial charge in [0, 0.05) is 30.4 Å². The first kappa shape index (κ1) is 14.9. The van der Waals surface area contributed by atoms with Gasteiger partial charge in [-0.15, -0.1) is 0 Å². The average molecular weight is 320 g/mol. The second-order valence-corrected chi connectivity index (χ2v) is 6.28. The van der Waals surface area contributed by atoms with Crippen LogP contribution in [0.5, 0.6) is 5.75 Å². The van der Waals surface area contributed by atoms with Crippen molar-refractivity contribution >= 4 is 0 Å². The van der Waals surface area contributed by atoms with Crippen LogP contribution in [0.2, 0.25) is 0 Å². The number of imidazole rings is 1. The van der Waals surface area contributed by atoms with E-state index in [-0.39, 0.29) is 0 Å². The lowest BCUT2D eigenvalue weighted by atomic mass is 10.1. The van der Waals surface area contributed by atoms with Gasteiger partial charge in [0.1, 0.15) is 11.6 Å². The van der Waals surface area contributed by atoms with Crippen LogP contribution in [0.1, 0.15) is 41.5 Å². The summed E-state index contributed by atoms with van der Waals surface area (Å²) in [6.07, 6.45) is 8.87. The normalized spacial score (nSPS) is 13.9. The Morgan fingerprint density at radius 2 is 2.08 bits per heavy atom. The van der Waals surface area contributed by atoms with Crippen LogP contribution in [0.15, 0.2) is 43.0 Å². The maximum Gasteiger partial charge on any atom is 0.143 e. The lowest BCUT2D eigenvalue weighted by Gasteiger charge is -2.11. The van der Waals surface area contributed by atoms with E-state index in [4.69, 9.17) is 9.72 Å². The van der Waals surface area contributed by atoms with Crippen LogP contribution in [0.25, 0.3) is 5.69 Å². The van der Waals surface area contributed by atoms with Gasteiger partial charge in [-0.1, -0.05) is 6.07 Å². The molecule has 3 aromatic rings. The van der Waals surface area contributed by atoms with E-state index in [1.807, 2.05) is 30.0 Å². The number of nitrogens with zero attached hydrogens (tertiary/aromatic N) is 4. The van der Waals surface area contributed by atoms with Crippen molar-refractivity contribution in [1.29, 1.82) is 0 Å². The van der Waals surface area contributed by atoms with E-state index < -0.39 is 0 Å². The van der Waals surface area contributed by atoms with Crippen LogP contribution in [-0.2, 0) is 6.42 Å². The van der Waals surface area contributed by atoms with Crippen LogP contribution >= 0.6 is 0 Å². The minimum atomic E-state index is 0.646. The Labute approximate surface area is 141 Å². The fraction of sp³-hybridized carbons (Fsp3) is 0.316. The van der Waals surface area contributed by atoms with E-state index >= 15 is 0 Å². The molecule has 122 valence electrons. The molecule has 2 heterocycles. The lowest BCUT2D eigenvalue weighted by Crippen LogP contribution is -2.01. The Hall–Kier alpha value is -2.69. The number of methoxy groups -OCH3 is 1. The zero-order valence-corrected chi connectivity index (χ0v) is 13.9. The van der Waals surface area contributed by atoms with Gasteiger partial charge >= 0.3 is 0 Å². The third kappa shape index (κ3) is 3.02. The standard InChI is InChI=1S/C19H20N4O/c1-13-11-23(12-21-13)17-6-3-14(9-18(17)24-2)10-19-20-8-7-16(22-19)15-4-5-15/h3,6-9,11-12,15H,4-5,10H2,1-2H3. The summed E-state index contributed by atoms with van der Waals surface area (Å²) in [6, 6.07) is 8.24. The van der Waals surface area contributed by atoms with Crippen molar-refractivity contribution in [2.45, 2.75) is 32.1 Å². The Bertz CT molecular complexity index is 867. The van der Waals surface area contributed by atoms with Crippen molar-refractivity contribution in [2.75, 3.05) is 7.11 Å². The average Bonchev–Trinajstić information content (AvgIpc) is 3.37. The molecule has 0 spiro atoms. The Morgan fingerprint density at radius 3 is 2.79 bits per heavy atom. The summed E-state index contributed by atoms with van der Waals surface area (Å²) in [5.74, 6) is 2.34. The van der Waals surface area contributed by atoms with Gasteiger partial charge in [-0.2, -0.15) is 0 Å². The van der Waals surface area contributed by atoms with Gasteiger partial charge in [-0.25, -0.2) is 15.0 Å². The van der Waals surface area contributed by atoms with Crippen molar-refractivity contribution < 1.29 is 4.74 Å². The molecule has 0 N–H and O–H groups in total. The van der Waals surface area contributed by atoms with E-state index in [0.29, 0.717) is 12.3 Å². The molecule has 1 aromatic carbocycles. The molecule has 0 unspecified atom stereocenters. The van der Waals surface area contributed by atoms with Crippen LogP contribution in [0.3, 0.4) is 0 Å². The summed E-state index contributed by atoms with van der Waals surface area (Å²) in [7, 11) is 1.69. The molecule has 0 amide bonds. The molecule has 0 radical (unpaired) electrons. The zero-order valence-electron chi connectivity index (χ0n) is 13.9. The number of aryl methyl sites for hydroxylation is 1. The highest BCUT2D eigenvalue weighted by Gasteiger charge is 2.25. The Kier molecular flexibility index (Phi) is 3.76. The predicted octanol–water partition coefficient (Wildman–Crippen LogP) is 3.45. The van der Waals surface area contributed by atoms with E-state index in [1.54, 1.807) is 13.4 Å². The highest BCUT2D eigenvalue weighted by Crippen LogP contribution is 2.38. The van der Waals surface area contributed by atoms with E-state index in [1.165, 1.54) is 18.5 Å². The first-order chi connectivity index (χ1) is 11.7. The predicted molar refractivity (Wildman–Crippen MR) is 91.7 cm³/mol. The van der Waals surface area contributed by atoms with E-state index in [9.17, 15) is 0 Å². The smallest absolute Gasteiger partial charge is 0.143 e. The largest absolute Gasteiger partial charge is 0.495 e. The molecule has 24 heavy (non-hydrogen) atoms. The Morgan fingerprint density at radius 1 is 1.21 bits per heavy atom. The summed E-state index contributed by atoms with van der Waals surface area (Å²) in [6.45, 7) is 1.97. The maximum absolute atomic E-state index is 5.57. The molecule has 0 aliphatic heterocycles. The van der Waals surface area contributed by atoms with Gasteiger partial charge in [0.15, 0.2) is 0 Å². The summed E-state index contributed by atoms with van der Waals surface area (Å²) < 4.78 is 7.54. The molecule has 1 saturated carbocycles. The molecule has 0 atom stereocenters. The second-order valence-electron chi connectivity index (χ2n) is 6.28. The zero-order chi connectivity index (χ0) is 16.5. The number of benzene rings is 1. The molecule has 4 rings (SSSR count). The topological polar surface area (TPSA) is 52.8 Å². The molecular formula is C19H20N4O. The molecular weight excluding hydrogens is 300 g/mol. The SMILES string of the molecule is COc1cc(Cc2nccc(C3CC3)n2)ccc1-n1cnc(C)c1. The Balaban J connectivity index is 1.61. The monoisotopic (exact) mass is 320 g/mol. The third-order valence-electron chi connectivity index (χ3n) is 4.32. The van der Waals surface area contributed by atoms with Crippen molar-refractivity contribution in [2.24, 2.45) is 0 Å². The summed E-state index contributed by atoms with van der Waals surface area (Å²) >= 11 is 0. The minimum Gasteiger partial charge on any atom is -0.495 e. The number of hydrogen-bond donors (Lipinski definition) is 0. The summed E-state index contributed by atoms with van der Waals surface area (Å²) in [4.78, 5) is 13.4. The van der Waals surface area contributed by atoms with Crippen LogP contribution in [0, 0.1) is 6.92 Å². The van der Waals surface area contributed by atoms with Gasteiger partial charge in [0.25, 0.3) is 0 Å². The molecule has 0 bridgehead atoms. The fourth-order valence-electron chi connectivity index (χ4n) is 2.89. The van der Waals surface area contributed by atoms with Gasteiger partial charge in [0.05, 0.1) is 24.8 Å². The quantitative estimate of drug-likeness (QED) is 0.722. The van der Waals surface area contributed by atoms with Gasteiger partial charge in [0.2, 0.25) is 0 Å². The van der Waals surface area contributed by atoms with Gasteiger partial charge < -0.3 is 9.30 Å². The summed E-state index contributed by atoms with van der Waals surface area (Å²) in [5.41, 5.74) is 4.28. The highest BCUT2D eigenvalue weighted by atomic mass is 16.5. The summed E-state index contributed by atoms with van der Waals surface area (Å²) in [5, 5.41) is 0. The van der Waals surface area contributed by atoms with E-state index in [0.717, 1.165) is 28.5 Å². The number of hydrogen-bond acceptors (Lipinski definition) is 4. The molecule has 5 nitrogen and oxygen atoms in total. The first-order valence-electron chi connectivity index (χ1n) is 8.22. The molecule has 0 saturated heterocycles. The molecule has 1 aliphatic rings. The van der Waals surface area contributed by atoms with Gasteiger partial charge in [-0.05, 0) is 43.5 Å². The maximum atomic E-state index is 5.57. The lowest BCUT2D eigenvalue weighted by molar-refractivity contribution is 0.412. The van der Waals surface area contributed by atoms with Crippen molar-refractivity contribution in [3.8, 4) is 11.4 Å². The number of rotatable bonds is 5. The third-order valence-corrected chi connectivity index (χ3v) is 4.32. The van der Waals surface area contributed by atoms with Crippen molar-refractivity contribution in [3.63, 3.8) is 0 Å².